The van der Waals surface area contributed by atoms with Gasteiger partial charge < -0.3 is 13.7 Å². The van der Waals surface area contributed by atoms with Gasteiger partial charge in [-0.05, 0) is 67.5 Å². The van der Waals surface area contributed by atoms with Crippen molar-refractivity contribution in [1.82, 2.24) is 9.97 Å². The monoisotopic (exact) mass is 526 g/mol. The van der Waals surface area contributed by atoms with Gasteiger partial charge in [-0.3, -0.25) is 0 Å². The first-order valence-corrected chi connectivity index (χ1v) is 14.8. The second kappa shape index (κ2) is 11.8. The molecule has 3 aromatic rings. The summed E-state index contributed by atoms with van der Waals surface area (Å²) in [5, 5.41) is 0.514. The predicted molar refractivity (Wildman–Crippen MR) is 145 cm³/mol. The number of hydrogen-bond acceptors (Lipinski definition) is 7. The highest BCUT2D eigenvalue weighted by molar-refractivity contribution is 7.87. The molecule has 0 N–H and O–H groups in total. The van der Waals surface area contributed by atoms with Crippen LogP contribution in [0, 0.1) is 13.8 Å². The molecule has 1 aliphatic heterocycles. The quantitative estimate of drug-likeness (QED) is 0.282. The Balaban J connectivity index is 1.81. The van der Waals surface area contributed by atoms with Crippen molar-refractivity contribution in [1.29, 1.82) is 0 Å². The Morgan fingerprint density at radius 2 is 1.62 bits per heavy atom. The minimum absolute atomic E-state index is 0.0289. The summed E-state index contributed by atoms with van der Waals surface area (Å²) < 4.78 is 45.3. The minimum Gasteiger partial charge on any atom is -0.488 e. The average molecular weight is 527 g/mol. The molecule has 0 aliphatic carbocycles. The molecule has 1 fully saturated rings. The molecular weight excluding hydrogens is 488 g/mol. The molecule has 0 saturated carbocycles. The van der Waals surface area contributed by atoms with Gasteiger partial charge in [0.05, 0.1) is 24.1 Å². The van der Waals surface area contributed by atoms with E-state index < -0.39 is 10.1 Å². The predicted octanol–water partition coefficient (Wildman–Crippen LogP) is 6.04. The number of hydrogen-bond donors (Lipinski definition) is 0. The molecule has 2 aromatic carbocycles. The zero-order valence-corrected chi connectivity index (χ0v) is 23.4. The topological polar surface area (TPSA) is 87.6 Å². The smallest absolute Gasteiger partial charge is 0.341 e. The summed E-state index contributed by atoms with van der Waals surface area (Å²) in [6, 6.07) is 7.75. The van der Waals surface area contributed by atoms with Crippen LogP contribution in [0.2, 0.25) is 0 Å². The lowest BCUT2D eigenvalue weighted by Crippen LogP contribution is -2.17. The number of aromatic nitrogens is 2. The third-order valence-corrected chi connectivity index (χ3v) is 7.95. The number of rotatable bonds is 11. The first-order valence-electron chi connectivity index (χ1n) is 13.4. The van der Waals surface area contributed by atoms with E-state index in [1.807, 2.05) is 25.1 Å². The van der Waals surface area contributed by atoms with Crippen molar-refractivity contribution in [2.45, 2.75) is 90.6 Å². The van der Waals surface area contributed by atoms with Crippen LogP contribution in [0.4, 0.5) is 0 Å². The van der Waals surface area contributed by atoms with Crippen molar-refractivity contribution in [3.63, 3.8) is 0 Å². The molecule has 0 spiro atoms. The Morgan fingerprint density at radius 1 is 0.946 bits per heavy atom. The maximum Gasteiger partial charge on any atom is 0.341 e. The van der Waals surface area contributed by atoms with E-state index in [1.165, 1.54) is 5.56 Å². The van der Waals surface area contributed by atoms with Crippen LogP contribution < -0.4 is 8.92 Å². The van der Waals surface area contributed by atoms with E-state index in [-0.39, 0.29) is 16.9 Å². The number of nitrogens with zero attached hydrogens (tertiary/aromatic N) is 2. The normalized spacial score (nSPS) is 15.9. The van der Waals surface area contributed by atoms with Crippen molar-refractivity contribution in [3.8, 4) is 11.6 Å². The van der Waals surface area contributed by atoms with Crippen molar-refractivity contribution in [3.05, 3.63) is 52.3 Å². The summed E-state index contributed by atoms with van der Waals surface area (Å²) >= 11 is 0. The van der Waals surface area contributed by atoms with Crippen LogP contribution in [0.5, 0.6) is 11.6 Å². The number of ether oxygens (including phenoxy) is 2. The summed E-state index contributed by atoms with van der Waals surface area (Å²) in [5.41, 5.74) is 4.31. The molecule has 1 aliphatic rings. The molecule has 1 aromatic heterocycles. The highest BCUT2D eigenvalue weighted by Crippen LogP contribution is 2.34. The highest BCUT2D eigenvalue weighted by Gasteiger charge is 2.28. The first kappa shape index (κ1) is 27.3. The van der Waals surface area contributed by atoms with E-state index in [0.717, 1.165) is 48.8 Å². The lowest BCUT2D eigenvalue weighted by atomic mass is 9.97. The zero-order valence-electron chi connectivity index (χ0n) is 22.6. The second-order valence-electron chi connectivity index (χ2n) is 9.85. The van der Waals surface area contributed by atoms with Gasteiger partial charge in [0.1, 0.15) is 22.6 Å². The minimum atomic E-state index is -4.16. The Labute approximate surface area is 220 Å². The van der Waals surface area contributed by atoms with Gasteiger partial charge in [0.2, 0.25) is 5.88 Å². The fraction of sp³-hybridized carbons (Fsp3) is 0.517. The van der Waals surface area contributed by atoms with Gasteiger partial charge in [0, 0.05) is 6.42 Å². The Hall–Kier alpha value is -2.71. The van der Waals surface area contributed by atoms with Gasteiger partial charge in [0.25, 0.3) is 0 Å². The summed E-state index contributed by atoms with van der Waals surface area (Å²) in [6.45, 7) is 11.1. The second-order valence-corrected chi connectivity index (χ2v) is 11.3. The maximum atomic E-state index is 13.9. The molecule has 37 heavy (non-hydrogen) atoms. The summed E-state index contributed by atoms with van der Waals surface area (Å²) in [7, 11) is -4.16. The number of benzene rings is 2. The van der Waals surface area contributed by atoms with Crippen molar-refractivity contribution < 1.29 is 22.1 Å². The molecule has 8 heteroatoms. The van der Waals surface area contributed by atoms with Crippen LogP contribution in [0.15, 0.2) is 29.2 Å². The Morgan fingerprint density at radius 3 is 2.22 bits per heavy atom. The van der Waals surface area contributed by atoms with Gasteiger partial charge in [-0.2, -0.15) is 13.4 Å². The van der Waals surface area contributed by atoms with Crippen molar-refractivity contribution >= 4 is 21.0 Å². The number of aryl methyl sites for hydroxylation is 5. The molecule has 0 radical (unpaired) electrons. The molecule has 200 valence electrons. The van der Waals surface area contributed by atoms with E-state index in [2.05, 4.69) is 30.7 Å². The van der Waals surface area contributed by atoms with E-state index in [4.69, 9.17) is 13.7 Å². The Kier molecular flexibility index (Phi) is 8.70. The maximum absolute atomic E-state index is 13.9. The Bertz CT molecular complexity index is 1340. The summed E-state index contributed by atoms with van der Waals surface area (Å²) in [4.78, 5) is 9.29. The largest absolute Gasteiger partial charge is 0.488 e. The number of fused-ring (bicyclic) bond motifs is 1. The van der Waals surface area contributed by atoms with Gasteiger partial charge in [-0.25, -0.2) is 4.98 Å². The van der Waals surface area contributed by atoms with Gasteiger partial charge in [-0.15, -0.1) is 0 Å². The molecule has 1 atom stereocenters. The molecule has 7 nitrogen and oxygen atoms in total. The fourth-order valence-electron chi connectivity index (χ4n) is 5.02. The molecule has 0 bridgehead atoms. The summed E-state index contributed by atoms with van der Waals surface area (Å²) in [6.07, 6.45) is 5.70. The van der Waals surface area contributed by atoms with Crippen LogP contribution in [0.25, 0.3) is 10.9 Å². The van der Waals surface area contributed by atoms with Gasteiger partial charge >= 0.3 is 10.1 Å². The average Bonchev–Trinajstić information content (AvgIpc) is 3.33. The zero-order chi connectivity index (χ0) is 26.6. The molecule has 0 amide bonds. The standard InChI is InChI=1S/C29H38N2O5S/c1-6-9-21-15-22(10-7-2)28(23(16-21)11-8-3)37(32,33)36-29-26-17-25(35-24-12-13-34-18-24)14-19(4)27(26)30-20(5)31-29/h14-17,24H,6-13,18H2,1-5H3/t24-/m0/s1. The van der Waals surface area contributed by atoms with Crippen LogP contribution in [0.3, 0.4) is 0 Å². The third kappa shape index (κ3) is 6.24. The van der Waals surface area contributed by atoms with Crippen molar-refractivity contribution in [2.75, 3.05) is 13.2 Å². The molecular formula is C29H38N2O5S. The van der Waals surface area contributed by atoms with E-state index in [9.17, 15) is 8.42 Å². The van der Waals surface area contributed by atoms with E-state index >= 15 is 0 Å². The molecule has 4 rings (SSSR count). The van der Waals surface area contributed by atoms with E-state index in [0.29, 0.717) is 48.5 Å². The van der Waals surface area contributed by atoms with Crippen molar-refractivity contribution in [2.24, 2.45) is 0 Å². The summed E-state index contributed by atoms with van der Waals surface area (Å²) in [5.74, 6) is 1.10. The molecule has 1 saturated heterocycles. The molecule has 0 unspecified atom stereocenters. The van der Waals surface area contributed by atoms with Crippen LogP contribution in [-0.4, -0.2) is 37.7 Å². The van der Waals surface area contributed by atoms with E-state index in [1.54, 1.807) is 13.0 Å². The fourth-order valence-corrected chi connectivity index (χ4v) is 6.40. The first-order chi connectivity index (χ1) is 17.7. The highest BCUT2D eigenvalue weighted by atomic mass is 32.2. The van der Waals surface area contributed by atoms with Crippen LogP contribution >= 0.6 is 0 Å². The van der Waals surface area contributed by atoms with Crippen LogP contribution in [-0.2, 0) is 34.1 Å². The SMILES string of the molecule is CCCc1cc(CCC)c(S(=O)(=O)Oc2nc(C)nc3c(C)cc(O[C@H]4CCOC4)cc23)c(CCC)c1. The van der Waals surface area contributed by atoms with Gasteiger partial charge in [-0.1, -0.05) is 52.2 Å². The molecule has 2 heterocycles. The van der Waals surface area contributed by atoms with Crippen LogP contribution in [0.1, 0.15) is 74.5 Å². The third-order valence-electron chi connectivity index (χ3n) is 6.55. The lowest BCUT2D eigenvalue weighted by molar-refractivity contribution is 0.141. The lowest BCUT2D eigenvalue weighted by Gasteiger charge is -2.18. The van der Waals surface area contributed by atoms with Gasteiger partial charge in [0.15, 0.2) is 0 Å².